The Kier molecular flexibility index (Phi) is 7.08. The monoisotopic (exact) mass is 326 g/mol. The molecule has 2 rings (SSSR count). The molecule has 0 atom stereocenters. The van der Waals surface area contributed by atoms with Crippen LogP contribution in [0.5, 0.6) is 5.88 Å². The van der Waals surface area contributed by atoms with E-state index in [9.17, 15) is 0 Å². The van der Waals surface area contributed by atoms with E-state index in [4.69, 9.17) is 4.74 Å². The van der Waals surface area contributed by atoms with Gasteiger partial charge < -0.3 is 15.4 Å². The summed E-state index contributed by atoms with van der Waals surface area (Å²) in [5.74, 6) is 1.41. The minimum atomic E-state index is 0.516. The normalized spacial score (nSPS) is 11.2. The third-order valence-electron chi connectivity index (χ3n) is 3.74. The second-order valence-electron chi connectivity index (χ2n) is 5.34. The SMILES string of the molecule is CCNC(=NCc1cccnc1OC)NCc1ccccc1CC. The van der Waals surface area contributed by atoms with Gasteiger partial charge in [-0.3, -0.25) is 0 Å². The average molecular weight is 326 g/mol. The van der Waals surface area contributed by atoms with Crippen molar-refractivity contribution in [2.75, 3.05) is 13.7 Å². The molecule has 1 aromatic heterocycles. The Morgan fingerprint density at radius 1 is 1.04 bits per heavy atom. The zero-order valence-corrected chi connectivity index (χ0v) is 14.7. The summed E-state index contributed by atoms with van der Waals surface area (Å²) in [5.41, 5.74) is 3.62. The summed E-state index contributed by atoms with van der Waals surface area (Å²) in [6, 6.07) is 12.3. The molecule has 0 unspecified atom stereocenters. The summed E-state index contributed by atoms with van der Waals surface area (Å²) < 4.78 is 5.28. The van der Waals surface area contributed by atoms with Crippen molar-refractivity contribution in [1.82, 2.24) is 15.6 Å². The van der Waals surface area contributed by atoms with E-state index >= 15 is 0 Å². The topological polar surface area (TPSA) is 58.5 Å². The van der Waals surface area contributed by atoms with Gasteiger partial charge in [0.15, 0.2) is 5.96 Å². The van der Waals surface area contributed by atoms with E-state index in [1.54, 1.807) is 13.3 Å². The molecule has 0 amide bonds. The molecule has 0 fully saturated rings. The van der Waals surface area contributed by atoms with Crippen molar-refractivity contribution >= 4 is 5.96 Å². The Bertz CT molecular complexity index is 670. The fourth-order valence-electron chi connectivity index (χ4n) is 2.49. The Balaban J connectivity index is 2.05. The molecule has 0 saturated heterocycles. The third kappa shape index (κ3) is 4.98. The van der Waals surface area contributed by atoms with Gasteiger partial charge in [0.25, 0.3) is 0 Å². The quantitative estimate of drug-likeness (QED) is 0.607. The van der Waals surface area contributed by atoms with Crippen LogP contribution >= 0.6 is 0 Å². The first-order valence-electron chi connectivity index (χ1n) is 8.35. The van der Waals surface area contributed by atoms with Crippen LogP contribution in [0, 0.1) is 0 Å². The van der Waals surface area contributed by atoms with Crippen LogP contribution in [0.15, 0.2) is 47.6 Å². The van der Waals surface area contributed by atoms with Gasteiger partial charge in [0.2, 0.25) is 5.88 Å². The number of methoxy groups -OCH3 is 1. The number of ether oxygens (including phenoxy) is 1. The predicted octanol–water partition coefficient (Wildman–Crippen LogP) is 2.91. The van der Waals surface area contributed by atoms with Crippen LogP contribution < -0.4 is 15.4 Å². The highest BCUT2D eigenvalue weighted by molar-refractivity contribution is 5.79. The third-order valence-corrected chi connectivity index (χ3v) is 3.74. The number of aliphatic imine (C=N–C) groups is 1. The zero-order valence-electron chi connectivity index (χ0n) is 14.7. The van der Waals surface area contributed by atoms with Crippen LogP contribution in [0.4, 0.5) is 0 Å². The van der Waals surface area contributed by atoms with E-state index < -0.39 is 0 Å². The molecule has 128 valence electrons. The van der Waals surface area contributed by atoms with Crippen molar-refractivity contribution in [3.05, 3.63) is 59.3 Å². The lowest BCUT2D eigenvalue weighted by atomic mass is 10.1. The van der Waals surface area contributed by atoms with E-state index in [1.165, 1.54) is 11.1 Å². The van der Waals surface area contributed by atoms with Crippen LogP contribution in [0.25, 0.3) is 0 Å². The number of guanidine groups is 1. The highest BCUT2D eigenvalue weighted by Gasteiger charge is 2.05. The van der Waals surface area contributed by atoms with E-state index in [1.807, 2.05) is 12.1 Å². The molecular weight excluding hydrogens is 300 g/mol. The van der Waals surface area contributed by atoms with Gasteiger partial charge in [-0.25, -0.2) is 9.98 Å². The number of benzene rings is 1. The van der Waals surface area contributed by atoms with E-state index in [0.29, 0.717) is 12.4 Å². The van der Waals surface area contributed by atoms with Gasteiger partial charge in [-0.15, -0.1) is 0 Å². The number of hydrogen-bond acceptors (Lipinski definition) is 3. The number of nitrogens with one attached hydrogen (secondary N) is 2. The standard InChI is InChI=1S/C19H26N4O/c1-4-15-9-6-7-10-16(15)13-22-19(20-5-2)23-14-17-11-8-12-21-18(17)24-3/h6-12H,4-5,13-14H2,1-3H3,(H2,20,22,23). The maximum Gasteiger partial charge on any atom is 0.218 e. The number of aryl methyl sites for hydroxylation is 1. The first kappa shape index (κ1) is 17.8. The van der Waals surface area contributed by atoms with Crippen molar-refractivity contribution in [2.24, 2.45) is 4.99 Å². The summed E-state index contributed by atoms with van der Waals surface area (Å²) in [4.78, 5) is 8.84. The first-order chi connectivity index (χ1) is 11.8. The molecule has 24 heavy (non-hydrogen) atoms. The second kappa shape index (κ2) is 9.55. The molecule has 5 nitrogen and oxygen atoms in total. The fourth-order valence-corrected chi connectivity index (χ4v) is 2.49. The summed E-state index contributed by atoms with van der Waals surface area (Å²) in [7, 11) is 1.63. The molecule has 0 aliphatic heterocycles. The fraction of sp³-hybridized carbons (Fsp3) is 0.368. The van der Waals surface area contributed by atoms with Crippen LogP contribution in [0.3, 0.4) is 0 Å². The largest absolute Gasteiger partial charge is 0.481 e. The maximum atomic E-state index is 5.28. The average Bonchev–Trinajstić information content (AvgIpc) is 2.64. The number of nitrogens with zero attached hydrogens (tertiary/aromatic N) is 2. The van der Waals surface area contributed by atoms with Crippen LogP contribution in [0.2, 0.25) is 0 Å². The molecule has 5 heteroatoms. The predicted molar refractivity (Wildman–Crippen MR) is 98.3 cm³/mol. The van der Waals surface area contributed by atoms with Crippen molar-refractivity contribution in [1.29, 1.82) is 0 Å². The second-order valence-corrected chi connectivity index (χ2v) is 5.34. The number of rotatable bonds is 7. The summed E-state index contributed by atoms with van der Waals surface area (Å²) in [5, 5.41) is 6.67. The van der Waals surface area contributed by atoms with Gasteiger partial charge in [0.1, 0.15) is 0 Å². The highest BCUT2D eigenvalue weighted by Crippen LogP contribution is 2.14. The van der Waals surface area contributed by atoms with Gasteiger partial charge >= 0.3 is 0 Å². The molecule has 0 radical (unpaired) electrons. The van der Waals surface area contributed by atoms with Gasteiger partial charge in [-0.1, -0.05) is 37.3 Å². The molecule has 2 aromatic rings. The number of pyridine rings is 1. The lowest BCUT2D eigenvalue weighted by Gasteiger charge is -2.13. The molecule has 0 aliphatic carbocycles. The molecule has 1 heterocycles. The number of hydrogen-bond donors (Lipinski definition) is 2. The molecule has 0 aliphatic rings. The number of aromatic nitrogens is 1. The van der Waals surface area contributed by atoms with Crippen molar-refractivity contribution < 1.29 is 4.74 Å². The van der Waals surface area contributed by atoms with E-state index in [0.717, 1.165) is 31.0 Å². The lowest BCUT2D eigenvalue weighted by Crippen LogP contribution is -2.37. The summed E-state index contributed by atoms with van der Waals surface area (Å²) in [6.07, 6.45) is 2.75. The lowest BCUT2D eigenvalue weighted by molar-refractivity contribution is 0.392. The van der Waals surface area contributed by atoms with Crippen LogP contribution in [-0.4, -0.2) is 24.6 Å². The Morgan fingerprint density at radius 2 is 1.79 bits per heavy atom. The summed E-state index contributed by atoms with van der Waals surface area (Å²) in [6.45, 7) is 6.31. The molecule has 2 N–H and O–H groups in total. The van der Waals surface area contributed by atoms with Gasteiger partial charge in [0.05, 0.1) is 13.7 Å². The van der Waals surface area contributed by atoms with Gasteiger partial charge in [0, 0.05) is 24.8 Å². The molecular formula is C19H26N4O. The minimum absolute atomic E-state index is 0.516. The highest BCUT2D eigenvalue weighted by atomic mass is 16.5. The van der Waals surface area contributed by atoms with E-state index in [-0.39, 0.29) is 0 Å². The van der Waals surface area contributed by atoms with Crippen molar-refractivity contribution in [3.8, 4) is 5.88 Å². The maximum absolute atomic E-state index is 5.28. The summed E-state index contributed by atoms with van der Waals surface area (Å²) >= 11 is 0. The Labute approximate surface area is 144 Å². The van der Waals surface area contributed by atoms with Crippen molar-refractivity contribution in [3.63, 3.8) is 0 Å². The smallest absolute Gasteiger partial charge is 0.218 e. The Hall–Kier alpha value is -2.56. The molecule has 0 saturated carbocycles. The first-order valence-corrected chi connectivity index (χ1v) is 8.35. The van der Waals surface area contributed by atoms with Gasteiger partial charge in [-0.05, 0) is 30.5 Å². The molecule has 1 aromatic carbocycles. The zero-order chi connectivity index (χ0) is 17.2. The van der Waals surface area contributed by atoms with Crippen LogP contribution in [-0.2, 0) is 19.5 Å². The van der Waals surface area contributed by atoms with Crippen molar-refractivity contribution in [2.45, 2.75) is 33.4 Å². The van der Waals surface area contributed by atoms with Gasteiger partial charge in [-0.2, -0.15) is 0 Å². The van der Waals surface area contributed by atoms with E-state index in [2.05, 4.69) is 58.7 Å². The minimum Gasteiger partial charge on any atom is -0.481 e. The molecule has 0 spiro atoms. The Morgan fingerprint density at radius 3 is 2.50 bits per heavy atom. The molecule has 0 bridgehead atoms. The van der Waals surface area contributed by atoms with Crippen LogP contribution in [0.1, 0.15) is 30.5 Å².